The molecular formula is C12H13BrO3. The Kier molecular flexibility index (Phi) is 3.96. The maximum absolute atomic E-state index is 11.7. The molecule has 1 aliphatic rings. The van der Waals surface area contributed by atoms with Crippen molar-refractivity contribution >= 4 is 21.9 Å². The SMILES string of the molecule is O=C(Oc1ccc(Br)cc1)C1CCCCO1. The number of hydrogen-bond acceptors (Lipinski definition) is 3. The molecule has 0 saturated carbocycles. The first-order valence-corrected chi connectivity index (χ1v) is 6.14. The summed E-state index contributed by atoms with van der Waals surface area (Å²) in [4.78, 5) is 11.7. The highest BCUT2D eigenvalue weighted by Gasteiger charge is 2.23. The molecule has 86 valence electrons. The first-order valence-electron chi connectivity index (χ1n) is 5.34. The maximum atomic E-state index is 11.7. The van der Waals surface area contributed by atoms with Gasteiger partial charge in [-0.25, -0.2) is 4.79 Å². The standard InChI is InChI=1S/C12H13BrO3/c13-9-4-6-10(7-5-9)16-12(14)11-3-1-2-8-15-11/h4-7,11H,1-3,8H2. The molecule has 4 heteroatoms. The van der Waals surface area contributed by atoms with Crippen molar-refractivity contribution in [3.63, 3.8) is 0 Å². The number of ether oxygens (including phenoxy) is 2. The molecule has 2 rings (SSSR count). The Morgan fingerprint density at radius 3 is 2.69 bits per heavy atom. The van der Waals surface area contributed by atoms with Gasteiger partial charge in [0.15, 0.2) is 6.10 Å². The largest absolute Gasteiger partial charge is 0.425 e. The monoisotopic (exact) mass is 284 g/mol. The number of halogens is 1. The van der Waals surface area contributed by atoms with E-state index in [-0.39, 0.29) is 5.97 Å². The van der Waals surface area contributed by atoms with Crippen LogP contribution in [0, 0.1) is 0 Å². The van der Waals surface area contributed by atoms with Gasteiger partial charge in [-0.3, -0.25) is 0 Å². The first kappa shape index (κ1) is 11.6. The lowest BCUT2D eigenvalue weighted by atomic mass is 10.1. The predicted octanol–water partition coefficient (Wildman–Crippen LogP) is 2.92. The molecule has 3 nitrogen and oxygen atoms in total. The van der Waals surface area contributed by atoms with Crippen LogP contribution in [0.25, 0.3) is 0 Å². The minimum Gasteiger partial charge on any atom is -0.425 e. The van der Waals surface area contributed by atoms with Gasteiger partial charge in [0.25, 0.3) is 0 Å². The Balaban J connectivity index is 1.93. The van der Waals surface area contributed by atoms with Crippen LogP contribution in [0.15, 0.2) is 28.7 Å². The summed E-state index contributed by atoms with van der Waals surface area (Å²) >= 11 is 3.32. The van der Waals surface area contributed by atoms with Crippen LogP contribution in [0.2, 0.25) is 0 Å². The molecule has 0 radical (unpaired) electrons. The van der Waals surface area contributed by atoms with Crippen LogP contribution in [-0.2, 0) is 9.53 Å². The average Bonchev–Trinajstić information content (AvgIpc) is 2.33. The molecule has 0 aliphatic carbocycles. The molecule has 0 aromatic heterocycles. The Hall–Kier alpha value is -0.870. The zero-order valence-electron chi connectivity index (χ0n) is 8.82. The number of carbonyl (C=O) groups excluding carboxylic acids is 1. The number of carbonyl (C=O) groups is 1. The van der Waals surface area contributed by atoms with E-state index in [1.807, 2.05) is 12.1 Å². The topological polar surface area (TPSA) is 35.5 Å². The Morgan fingerprint density at radius 2 is 2.06 bits per heavy atom. The summed E-state index contributed by atoms with van der Waals surface area (Å²) < 4.78 is 11.5. The third-order valence-electron chi connectivity index (χ3n) is 2.47. The van der Waals surface area contributed by atoms with E-state index in [0.717, 1.165) is 23.7 Å². The minimum absolute atomic E-state index is 0.290. The molecule has 0 N–H and O–H groups in total. The van der Waals surface area contributed by atoms with Crippen LogP contribution in [0.4, 0.5) is 0 Å². The first-order chi connectivity index (χ1) is 7.75. The van der Waals surface area contributed by atoms with Gasteiger partial charge in [0, 0.05) is 11.1 Å². The second-order valence-electron chi connectivity index (χ2n) is 3.73. The van der Waals surface area contributed by atoms with Gasteiger partial charge >= 0.3 is 5.97 Å². The maximum Gasteiger partial charge on any atom is 0.340 e. The van der Waals surface area contributed by atoms with E-state index in [9.17, 15) is 4.79 Å². The van der Waals surface area contributed by atoms with Crippen molar-refractivity contribution in [2.75, 3.05) is 6.61 Å². The second kappa shape index (κ2) is 5.46. The van der Waals surface area contributed by atoms with Gasteiger partial charge in [-0.1, -0.05) is 15.9 Å². The zero-order chi connectivity index (χ0) is 11.4. The fraction of sp³-hybridized carbons (Fsp3) is 0.417. The molecule has 0 spiro atoms. The van der Waals surface area contributed by atoms with Gasteiger partial charge in [0.2, 0.25) is 0 Å². The van der Waals surface area contributed by atoms with Crippen molar-refractivity contribution in [3.05, 3.63) is 28.7 Å². The number of rotatable bonds is 2. The molecule has 1 heterocycles. The van der Waals surface area contributed by atoms with Crippen LogP contribution in [0.3, 0.4) is 0 Å². The van der Waals surface area contributed by atoms with Crippen LogP contribution >= 0.6 is 15.9 Å². The molecule has 1 atom stereocenters. The molecule has 1 aromatic rings. The number of esters is 1. The van der Waals surface area contributed by atoms with E-state index in [4.69, 9.17) is 9.47 Å². The number of hydrogen-bond donors (Lipinski definition) is 0. The van der Waals surface area contributed by atoms with Gasteiger partial charge in [0.1, 0.15) is 5.75 Å². The van der Waals surface area contributed by atoms with Gasteiger partial charge in [-0.2, -0.15) is 0 Å². The summed E-state index contributed by atoms with van der Waals surface area (Å²) in [6, 6.07) is 7.18. The van der Waals surface area contributed by atoms with Crippen molar-refractivity contribution in [1.29, 1.82) is 0 Å². The summed E-state index contributed by atoms with van der Waals surface area (Å²) in [5, 5.41) is 0. The van der Waals surface area contributed by atoms with Crippen LogP contribution < -0.4 is 4.74 Å². The Morgan fingerprint density at radius 1 is 1.31 bits per heavy atom. The highest BCUT2D eigenvalue weighted by molar-refractivity contribution is 9.10. The van der Waals surface area contributed by atoms with E-state index < -0.39 is 6.10 Å². The van der Waals surface area contributed by atoms with Crippen molar-refractivity contribution in [2.45, 2.75) is 25.4 Å². The van der Waals surface area contributed by atoms with Crippen molar-refractivity contribution < 1.29 is 14.3 Å². The minimum atomic E-state index is -0.391. The molecule has 1 aliphatic heterocycles. The van der Waals surface area contributed by atoms with Gasteiger partial charge in [-0.15, -0.1) is 0 Å². The quantitative estimate of drug-likeness (QED) is 0.619. The molecule has 0 bridgehead atoms. The fourth-order valence-corrected chi connectivity index (χ4v) is 1.88. The van der Waals surface area contributed by atoms with Crippen molar-refractivity contribution in [3.8, 4) is 5.75 Å². The highest BCUT2D eigenvalue weighted by Crippen LogP contribution is 2.19. The summed E-state index contributed by atoms with van der Waals surface area (Å²) in [7, 11) is 0. The van der Waals surface area contributed by atoms with E-state index >= 15 is 0 Å². The van der Waals surface area contributed by atoms with Gasteiger partial charge < -0.3 is 9.47 Å². The smallest absolute Gasteiger partial charge is 0.340 e. The highest BCUT2D eigenvalue weighted by atomic mass is 79.9. The molecule has 1 aromatic carbocycles. The van der Waals surface area contributed by atoms with Gasteiger partial charge in [0.05, 0.1) is 0 Å². The average molecular weight is 285 g/mol. The third kappa shape index (κ3) is 3.06. The Bertz CT molecular complexity index is 355. The van der Waals surface area contributed by atoms with E-state index in [2.05, 4.69) is 15.9 Å². The van der Waals surface area contributed by atoms with Crippen molar-refractivity contribution in [2.24, 2.45) is 0 Å². The fourth-order valence-electron chi connectivity index (χ4n) is 1.61. The number of benzene rings is 1. The summed E-state index contributed by atoms with van der Waals surface area (Å²) in [6.07, 6.45) is 2.43. The second-order valence-corrected chi connectivity index (χ2v) is 4.65. The lowest BCUT2D eigenvalue weighted by molar-refractivity contribution is -0.150. The van der Waals surface area contributed by atoms with Crippen LogP contribution in [-0.4, -0.2) is 18.7 Å². The van der Waals surface area contributed by atoms with Crippen molar-refractivity contribution in [1.82, 2.24) is 0 Å². The molecule has 1 fully saturated rings. The molecule has 1 saturated heterocycles. The van der Waals surface area contributed by atoms with Gasteiger partial charge in [-0.05, 0) is 43.5 Å². The lowest BCUT2D eigenvalue weighted by Crippen LogP contribution is -2.31. The summed E-state index contributed by atoms with van der Waals surface area (Å²) in [5.74, 6) is 0.268. The molecule has 1 unspecified atom stereocenters. The van der Waals surface area contributed by atoms with E-state index in [0.29, 0.717) is 12.4 Å². The third-order valence-corrected chi connectivity index (χ3v) is 3.00. The Labute approximate surface area is 103 Å². The normalized spacial score (nSPS) is 20.4. The summed E-state index contributed by atoms with van der Waals surface area (Å²) in [5.41, 5.74) is 0. The van der Waals surface area contributed by atoms with E-state index in [1.54, 1.807) is 12.1 Å². The zero-order valence-corrected chi connectivity index (χ0v) is 10.4. The predicted molar refractivity (Wildman–Crippen MR) is 63.4 cm³/mol. The van der Waals surface area contributed by atoms with E-state index in [1.165, 1.54) is 0 Å². The molecule has 16 heavy (non-hydrogen) atoms. The van der Waals surface area contributed by atoms with Crippen LogP contribution in [0.1, 0.15) is 19.3 Å². The van der Waals surface area contributed by atoms with Crippen LogP contribution in [0.5, 0.6) is 5.75 Å². The molecular weight excluding hydrogens is 272 g/mol. The lowest BCUT2D eigenvalue weighted by Gasteiger charge is -2.20. The summed E-state index contributed by atoms with van der Waals surface area (Å²) in [6.45, 7) is 0.653. The molecule has 0 amide bonds.